The highest BCUT2D eigenvalue weighted by Crippen LogP contribution is 2.58. The summed E-state index contributed by atoms with van der Waals surface area (Å²) in [5.41, 5.74) is 1.19. The van der Waals surface area contributed by atoms with Crippen LogP contribution < -0.4 is 15.0 Å². The molecule has 2 heterocycles. The van der Waals surface area contributed by atoms with Gasteiger partial charge >= 0.3 is 5.97 Å². The number of fused-ring (bicyclic) bond motifs is 1. The fourth-order valence-corrected chi connectivity index (χ4v) is 6.49. The van der Waals surface area contributed by atoms with Crippen LogP contribution in [0.15, 0.2) is 18.2 Å². The van der Waals surface area contributed by atoms with Crippen molar-refractivity contribution < 1.29 is 28.7 Å². The summed E-state index contributed by atoms with van der Waals surface area (Å²) in [5.74, 6) is -0.827. The van der Waals surface area contributed by atoms with Gasteiger partial charge in [0.25, 0.3) is 5.91 Å². The van der Waals surface area contributed by atoms with Crippen molar-refractivity contribution in [2.75, 3.05) is 33.9 Å². The number of nitrogens with zero attached hydrogens (tertiary/aromatic N) is 2. The molecule has 10 heteroatoms. The fraction of sp³-hybridized carbons (Fsp3) is 0.609. The molecule has 0 aliphatic carbocycles. The lowest BCUT2D eigenvalue weighted by atomic mass is 9.78. The third kappa shape index (κ3) is 4.26. The summed E-state index contributed by atoms with van der Waals surface area (Å²) in [5, 5.41) is -0.0678. The molecule has 2 fully saturated rings. The highest BCUT2D eigenvalue weighted by Gasteiger charge is 2.69. The van der Waals surface area contributed by atoms with Crippen LogP contribution in [0.4, 0.5) is 0 Å². The summed E-state index contributed by atoms with van der Waals surface area (Å²) in [4.78, 5) is 48.4. The van der Waals surface area contributed by atoms with Crippen molar-refractivity contribution in [2.24, 2.45) is 0 Å². The van der Waals surface area contributed by atoms with Gasteiger partial charge in [-0.25, -0.2) is 4.79 Å². The normalized spacial score (nSPS) is 23.1. The molecule has 182 valence electrons. The number of ether oxygens (including phenoxy) is 2. The highest BCUT2D eigenvalue weighted by molar-refractivity contribution is 8.01. The van der Waals surface area contributed by atoms with E-state index in [1.165, 1.54) is 14.2 Å². The number of hydrogen-bond acceptors (Lipinski definition) is 8. The maximum Gasteiger partial charge on any atom is 0.359 e. The average Bonchev–Trinajstić information content (AvgIpc) is 2.99. The molecule has 1 aromatic carbocycles. The maximum atomic E-state index is 13.6. The number of β-lactam (4-membered cyclic amide) rings is 1. The van der Waals surface area contributed by atoms with Crippen LogP contribution in [0, 0.1) is 0 Å². The molecule has 0 spiro atoms. The van der Waals surface area contributed by atoms with Crippen molar-refractivity contribution in [1.82, 2.24) is 15.3 Å². The van der Waals surface area contributed by atoms with Crippen molar-refractivity contribution in [2.45, 2.75) is 56.2 Å². The third-order valence-electron chi connectivity index (χ3n) is 6.66. The van der Waals surface area contributed by atoms with Crippen molar-refractivity contribution in [3.63, 3.8) is 0 Å². The molecule has 2 saturated heterocycles. The summed E-state index contributed by atoms with van der Waals surface area (Å²) in [6.45, 7) is 10.3. The zero-order valence-electron chi connectivity index (χ0n) is 20.1. The third-order valence-corrected chi connectivity index (χ3v) is 8.23. The van der Waals surface area contributed by atoms with Crippen molar-refractivity contribution >= 4 is 29.5 Å². The molecule has 1 N–H and O–H groups in total. The van der Waals surface area contributed by atoms with Gasteiger partial charge in [0.15, 0.2) is 5.54 Å². The van der Waals surface area contributed by atoms with Crippen LogP contribution in [-0.4, -0.2) is 77.1 Å². The van der Waals surface area contributed by atoms with Crippen LogP contribution in [0.3, 0.4) is 0 Å². The molecule has 9 nitrogen and oxygen atoms in total. The Labute approximate surface area is 199 Å². The number of hydroxylamine groups is 1. The minimum Gasteiger partial charge on any atom is -0.496 e. The van der Waals surface area contributed by atoms with Crippen LogP contribution in [0.5, 0.6) is 11.5 Å². The number of rotatable bonds is 9. The standard InChI is InChI=1S/C23H33N3O6S/c1-7-25(8-2)13-12-23(22(3,4)33-18-14-17(27)26(18)23)21(29)32-24-20(28)19-15(30-5)10-9-11-16(19)31-6/h9-11,18H,7-8,12-14H2,1-6H3,(H,24,28)/t18-,23+/m1/s1. The van der Waals surface area contributed by atoms with Crippen LogP contribution in [0.25, 0.3) is 0 Å². The molecule has 2 atom stereocenters. The lowest BCUT2D eigenvalue weighted by Crippen LogP contribution is -2.68. The predicted octanol–water partition coefficient (Wildman–Crippen LogP) is 2.45. The quantitative estimate of drug-likeness (QED) is 0.426. The average molecular weight is 480 g/mol. The van der Waals surface area contributed by atoms with Gasteiger partial charge in [0.05, 0.1) is 26.0 Å². The molecule has 0 bridgehead atoms. The minimum absolute atomic E-state index is 0.0678. The van der Waals surface area contributed by atoms with Gasteiger partial charge in [0.1, 0.15) is 17.1 Å². The number of thioether (sulfide) groups is 1. The van der Waals surface area contributed by atoms with E-state index >= 15 is 0 Å². The predicted molar refractivity (Wildman–Crippen MR) is 125 cm³/mol. The number of carbonyl (C=O) groups is 3. The Morgan fingerprint density at radius 2 is 1.79 bits per heavy atom. The molecular weight excluding hydrogens is 446 g/mol. The van der Waals surface area contributed by atoms with E-state index in [2.05, 4.69) is 24.2 Å². The number of carbonyl (C=O) groups excluding carboxylic acids is 3. The van der Waals surface area contributed by atoms with E-state index in [1.807, 2.05) is 13.8 Å². The first kappa shape index (κ1) is 25.2. The summed E-state index contributed by atoms with van der Waals surface area (Å²) in [6.07, 6.45) is 0.808. The van der Waals surface area contributed by atoms with Crippen molar-refractivity contribution in [1.29, 1.82) is 0 Å². The monoisotopic (exact) mass is 479 g/mol. The van der Waals surface area contributed by atoms with Gasteiger partial charge in [-0.2, -0.15) is 5.48 Å². The molecule has 0 saturated carbocycles. The highest BCUT2D eigenvalue weighted by atomic mass is 32.2. The largest absolute Gasteiger partial charge is 0.496 e. The lowest BCUT2D eigenvalue weighted by Gasteiger charge is -2.47. The molecule has 1 aromatic rings. The molecule has 0 unspecified atom stereocenters. The number of nitrogens with one attached hydrogen (secondary N) is 1. The van der Waals surface area contributed by atoms with E-state index < -0.39 is 22.2 Å². The molecule has 0 radical (unpaired) electrons. The minimum atomic E-state index is -1.20. The Bertz CT molecular complexity index is 897. The van der Waals surface area contributed by atoms with E-state index in [0.717, 1.165) is 13.1 Å². The van der Waals surface area contributed by atoms with E-state index in [-0.39, 0.29) is 28.3 Å². The summed E-state index contributed by atoms with van der Waals surface area (Å²) in [7, 11) is 2.88. The molecule has 0 aromatic heterocycles. The smallest absolute Gasteiger partial charge is 0.359 e. The molecule has 3 rings (SSSR count). The zero-order chi connectivity index (χ0) is 24.4. The Kier molecular flexibility index (Phi) is 7.48. The second-order valence-electron chi connectivity index (χ2n) is 8.55. The lowest BCUT2D eigenvalue weighted by molar-refractivity contribution is -0.177. The van der Waals surface area contributed by atoms with Crippen LogP contribution in [0.1, 0.15) is 50.9 Å². The Balaban J connectivity index is 1.86. The van der Waals surface area contributed by atoms with Crippen molar-refractivity contribution in [3.8, 4) is 11.5 Å². The Morgan fingerprint density at radius 1 is 1.18 bits per heavy atom. The van der Waals surface area contributed by atoms with Gasteiger partial charge in [-0.15, -0.1) is 11.8 Å². The number of methoxy groups -OCH3 is 2. The first-order chi connectivity index (χ1) is 15.7. The molecule has 2 aliphatic rings. The van der Waals surface area contributed by atoms with Crippen molar-refractivity contribution in [3.05, 3.63) is 23.8 Å². The topological polar surface area (TPSA) is 97.4 Å². The van der Waals surface area contributed by atoms with Gasteiger partial charge in [0.2, 0.25) is 5.91 Å². The van der Waals surface area contributed by atoms with E-state index in [4.69, 9.17) is 14.3 Å². The second kappa shape index (κ2) is 9.80. The number of amides is 2. The fourth-order valence-electron chi connectivity index (χ4n) is 4.70. The van der Waals surface area contributed by atoms with Gasteiger partial charge < -0.3 is 24.1 Å². The van der Waals surface area contributed by atoms with Gasteiger partial charge in [0, 0.05) is 11.3 Å². The summed E-state index contributed by atoms with van der Waals surface area (Å²) < 4.78 is 9.94. The molecule has 2 aliphatic heterocycles. The van der Waals surface area contributed by atoms with E-state index in [0.29, 0.717) is 19.4 Å². The molecule has 33 heavy (non-hydrogen) atoms. The second-order valence-corrected chi connectivity index (χ2v) is 10.3. The SMILES string of the molecule is CCN(CC)CC[C@@]1(C(=O)ONC(=O)c2c(OC)cccc2OC)N2C(=O)C[C@H]2SC1(C)C. The number of benzene rings is 1. The van der Waals surface area contributed by atoms with Gasteiger partial charge in [-0.3, -0.25) is 9.59 Å². The van der Waals surface area contributed by atoms with Crippen LogP contribution >= 0.6 is 11.8 Å². The first-order valence-corrected chi connectivity index (χ1v) is 12.0. The van der Waals surface area contributed by atoms with Gasteiger partial charge in [-0.05, 0) is 45.5 Å². The maximum absolute atomic E-state index is 13.6. The van der Waals surface area contributed by atoms with E-state index in [1.54, 1.807) is 34.9 Å². The number of hydrogen-bond donors (Lipinski definition) is 1. The van der Waals surface area contributed by atoms with Crippen LogP contribution in [-0.2, 0) is 14.4 Å². The van der Waals surface area contributed by atoms with Crippen LogP contribution in [0.2, 0.25) is 0 Å². The Hall–Kier alpha value is -2.46. The van der Waals surface area contributed by atoms with Gasteiger partial charge in [-0.1, -0.05) is 19.9 Å². The molecular formula is C23H33N3O6S. The first-order valence-electron chi connectivity index (χ1n) is 11.1. The Morgan fingerprint density at radius 3 is 2.30 bits per heavy atom. The summed E-state index contributed by atoms with van der Waals surface area (Å²) in [6, 6.07) is 4.92. The van der Waals surface area contributed by atoms with E-state index in [9.17, 15) is 14.4 Å². The zero-order valence-corrected chi connectivity index (χ0v) is 20.9. The molecule has 2 amide bonds. The summed E-state index contributed by atoms with van der Waals surface area (Å²) >= 11 is 1.60.